The molecule has 102 valence electrons. The molecule has 1 fully saturated rings. The van der Waals surface area contributed by atoms with Crippen LogP contribution >= 0.6 is 0 Å². The lowest BCUT2D eigenvalue weighted by atomic mass is 9.89. The van der Waals surface area contributed by atoms with Crippen LogP contribution in [0.15, 0.2) is 6.20 Å². The van der Waals surface area contributed by atoms with Gasteiger partial charge >= 0.3 is 0 Å². The Balaban J connectivity index is 1.99. The number of aryl methyl sites for hydroxylation is 1. The van der Waals surface area contributed by atoms with Crippen molar-refractivity contribution in [1.82, 2.24) is 19.9 Å². The zero-order valence-electron chi connectivity index (χ0n) is 11.6. The van der Waals surface area contributed by atoms with E-state index in [2.05, 4.69) is 29.1 Å². The average molecular weight is 252 g/mol. The molecule has 0 spiro atoms. The number of hydrogen-bond donors (Lipinski definition) is 1. The maximum atomic E-state index is 10.5. The van der Waals surface area contributed by atoms with Crippen LogP contribution in [0.1, 0.15) is 38.8 Å². The van der Waals surface area contributed by atoms with E-state index >= 15 is 0 Å². The molecule has 1 saturated heterocycles. The number of aliphatic hydroxyl groups is 1. The summed E-state index contributed by atoms with van der Waals surface area (Å²) >= 11 is 0. The summed E-state index contributed by atoms with van der Waals surface area (Å²) in [5.74, 6) is 0. The summed E-state index contributed by atoms with van der Waals surface area (Å²) in [6, 6.07) is 0. The summed E-state index contributed by atoms with van der Waals surface area (Å²) in [7, 11) is 1.85. The molecule has 0 aromatic carbocycles. The molecule has 1 atom stereocenters. The summed E-state index contributed by atoms with van der Waals surface area (Å²) in [4.78, 5) is 2.40. The summed E-state index contributed by atoms with van der Waals surface area (Å²) in [5, 5.41) is 18.4. The van der Waals surface area contributed by atoms with E-state index < -0.39 is 6.10 Å². The van der Waals surface area contributed by atoms with Gasteiger partial charge in [0.1, 0.15) is 0 Å². The van der Waals surface area contributed by atoms with E-state index in [1.54, 1.807) is 4.68 Å². The van der Waals surface area contributed by atoms with E-state index in [9.17, 15) is 5.11 Å². The molecular formula is C13H24N4O. The first-order valence-electron chi connectivity index (χ1n) is 6.78. The standard InChI is InChI=1S/C13H24N4O/c1-13(2,17-7-5-4-6-8-17)12(18)9-11-10-16(3)15-14-11/h10,12,18H,4-9H2,1-3H3. The third-order valence-electron chi connectivity index (χ3n) is 4.04. The largest absolute Gasteiger partial charge is 0.391 e. The number of piperidine rings is 1. The van der Waals surface area contributed by atoms with Crippen molar-refractivity contribution >= 4 is 0 Å². The summed E-state index contributed by atoms with van der Waals surface area (Å²) < 4.78 is 1.68. The Morgan fingerprint density at radius 2 is 2.00 bits per heavy atom. The van der Waals surface area contributed by atoms with Gasteiger partial charge in [-0.3, -0.25) is 9.58 Å². The van der Waals surface area contributed by atoms with Gasteiger partial charge < -0.3 is 5.11 Å². The molecule has 1 aliphatic heterocycles. The lowest BCUT2D eigenvalue weighted by Crippen LogP contribution is -2.54. The van der Waals surface area contributed by atoms with Crippen molar-refractivity contribution < 1.29 is 5.11 Å². The Bertz CT molecular complexity index is 382. The zero-order valence-corrected chi connectivity index (χ0v) is 11.6. The summed E-state index contributed by atoms with van der Waals surface area (Å²) in [5.41, 5.74) is 0.660. The number of aromatic nitrogens is 3. The van der Waals surface area contributed by atoms with Gasteiger partial charge in [0.05, 0.1) is 11.8 Å². The minimum Gasteiger partial charge on any atom is -0.391 e. The van der Waals surface area contributed by atoms with Crippen LogP contribution in [-0.4, -0.2) is 49.7 Å². The molecule has 2 heterocycles. The van der Waals surface area contributed by atoms with Crippen molar-refractivity contribution in [1.29, 1.82) is 0 Å². The number of likely N-dealkylation sites (tertiary alicyclic amines) is 1. The second-order valence-electron chi connectivity index (χ2n) is 5.80. The predicted molar refractivity (Wildman–Crippen MR) is 70.2 cm³/mol. The van der Waals surface area contributed by atoms with E-state index in [0.29, 0.717) is 6.42 Å². The number of hydrogen-bond acceptors (Lipinski definition) is 4. The van der Waals surface area contributed by atoms with Gasteiger partial charge in [-0.15, -0.1) is 5.10 Å². The number of rotatable bonds is 4. The van der Waals surface area contributed by atoms with Gasteiger partial charge in [-0.05, 0) is 39.8 Å². The second-order valence-corrected chi connectivity index (χ2v) is 5.80. The quantitative estimate of drug-likeness (QED) is 0.868. The third kappa shape index (κ3) is 2.90. The molecule has 1 unspecified atom stereocenters. The van der Waals surface area contributed by atoms with Crippen LogP contribution in [0.4, 0.5) is 0 Å². The van der Waals surface area contributed by atoms with E-state index in [1.807, 2.05) is 13.2 Å². The summed E-state index contributed by atoms with van der Waals surface area (Å²) in [6.45, 7) is 6.42. The molecule has 5 nitrogen and oxygen atoms in total. The van der Waals surface area contributed by atoms with E-state index in [4.69, 9.17) is 0 Å². The van der Waals surface area contributed by atoms with Crippen LogP contribution < -0.4 is 0 Å². The fraction of sp³-hybridized carbons (Fsp3) is 0.846. The Hall–Kier alpha value is -0.940. The first kappa shape index (κ1) is 13.5. The minimum absolute atomic E-state index is 0.196. The fourth-order valence-electron chi connectivity index (χ4n) is 2.62. The highest BCUT2D eigenvalue weighted by atomic mass is 16.3. The highest BCUT2D eigenvalue weighted by Gasteiger charge is 2.35. The van der Waals surface area contributed by atoms with Crippen molar-refractivity contribution in [2.45, 2.75) is 51.2 Å². The second kappa shape index (κ2) is 5.36. The molecule has 0 radical (unpaired) electrons. The van der Waals surface area contributed by atoms with Crippen molar-refractivity contribution in [3.8, 4) is 0 Å². The molecule has 0 amide bonds. The lowest BCUT2D eigenvalue weighted by molar-refractivity contribution is -0.0191. The number of aliphatic hydroxyl groups excluding tert-OH is 1. The van der Waals surface area contributed by atoms with Crippen molar-refractivity contribution in [3.63, 3.8) is 0 Å². The minimum atomic E-state index is -0.410. The lowest BCUT2D eigenvalue weighted by Gasteiger charge is -2.43. The maximum Gasteiger partial charge on any atom is 0.0853 e. The van der Waals surface area contributed by atoms with Crippen molar-refractivity contribution in [3.05, 3.63) is 11.9 Å². The van der Waals surface area contributed by atoms with Crippen LogP contribution in [0.5, 0.6) is 0 Å². The van der Waals surface area contributed by atoms with Crippen molar-refractivity contribution in [2.75, 3.05) is 13.1 Å². The topological polar surface area (TPSA) is 54.2 Å². The third-order valence-corrected chi connectivity index (χ3v) is 4.04. The molecule has 18 heavy (non-hydrogen) atoms. The Labute approximate surface area is 109 Å². The van der Waals surface area contributed by atoms with Crippen LogP contribution in [0, 0.1) is 0 Å². The SMILES string of the molecule is Cn1cc(CC(O)C(C)(C)N2CCCCC2)nn1. The normalized spacial score (nSPS) is 20.0. The Kier molecular flexibility index (Phi) is 4.02. The average Bonchev–Trinajstić information content (AvgIpc) is 2.76. The fourth-order valence-corrected chi connectivity index (χ4v) is 2.62. The molecular weight excluding hydrogens is 228 g/mol. The molecule has 1 aromatic rings. The highest BCUT2D eigenvalue weighted by Crippen LogP contribution is 2.25. The molecule has 5 heteroatoms. The van der Waals surface area contributed by atoms with Gasteiger partial charge in [0, 0.05) is 25.2 Å². The van der Waals surface area contributed by atoms with Crippen LogP contribution in [0.2, 0.25) is 0 Å². The molecule has 0 saturated carbocycles. The first-order chi connectivity index (χ1) is 8.50. The molecule has 0 bridgehead atoms. The predicted octanol–water partition coefficient (Wildman–Crippen LogP) is 0.983. The Morgan fingerprint density at radius 1 is 1.33 bits per heavy atom. The van der Waals surface area contributed by atoms with Crippen LogP contribution in [0.3, 0.4) is 0 Å². The van der Waals surface area contributed by atoms with Gasteiger partial charge in [-0.1, -0.05) is 11.6 Å². The highest BCUT2D eigenvalue weighted by molar-refractivity contribution is 5.00. The summed E-state index contributed by atoms with van der Waals surface area (Å²) in [6.07, 6.45) is 5.81. The van der Waals surface area contributed by atoms with E-state index in [1.165, 1.54) is 19.3 Å². The monoisotopic (exact) mass is 252 g/mol. The first-order valence-corrected chi connectivity index (χ1v) is 6.78. The van der Waals surface area contributed by atoms with Gasteiger partial charge in [-0.25, -0.2) is 0 Å². The molecule has 0 aliphatic carbocycles. The molecule has 2 rings (SSSR count). The van der Waals surface area contributed by atoms with Gasteiger partial charge in [-0.2, -0.15) is 0 Å². The van der Waals surface area contributed by atoms with Gasteiger partial charge in [0.2, 0.25) is 0 Å². The zero-order chi connectivity index (χ0) is 13.2. The van der Waals surface area contributed by atoms with Gasteiger partial charge in [0.25, 0.3) is 0 Å². The Morgan fingerprint density at radius 3 is 2.56 bits per heavy atom. The molecule has 1 aliphatic rings. The smallest absolute Gasteiger partial charge is 0.0853 e. The maximum absolute atomic E-state index is 10.5. The molecule has 1 aromatic heterocycles. The van der Waals surface area contributed by atoms with Crippen molar-refractivity contribution in [2.24, 2.45) is 7.05 Å². The van der Waals surface area contributed by atoms with Crippen LogP contribution in [0.25, 0.3) is 0 Å². The van der Waals surface area contributed by atoms with Gasteiger partial charge in [0.15, 0.2) is 0 Å². The van der Waals surface area contributed by atoms with E-state index in [0.717, 1.165) is 18.8 Å². The number of nitrogens with zero attached hydrogens (tertiary/aromatic N) is 4. The van der Waals surface area contributed by atoms with E-state index in [-0.39, 0.29) is 5.54 Å². The van der Waals surface area contributed by atoms with Crippen LogP contribution in [-0.2, 0) is 13.5 Å². The molecule has 1 N–H and O–H groups in total.